The second-order valence-electron chi connectivity index (χ2n) is 5.24. The quantitative estimate of drug-likeness (QED) is 0.708. The molecule has 22 heavy (non-hydrogen) atoms. The first-order valence-corrected chi connectivity index (χ1v) is 8.43. The van der Waals surface area contributed by atoms with E-state index in [4.69, 9.17) is 11.6 Å². The molecule has 2 aromatic carbocycles. The molecule has 0 unspecified atom stereocenters. The largest absolute Gasteiger partial charge is 0.307 e. The van der Waals surface area contributed by atoms with E-state index in [1.54, 1.807) is 11.3 Å². The van der Waals surface area contributed by atoms with Gasteiger partial charge in [-0.1, -0.05) is 53.6 Å². The van der Waals surface area contributed by atoms with Gasteiger partial charge >= 0.3 is 0 Å². The summed E-state index contributed by atoms with van der Waals surface area (Å²) in [6.07, 6.45) is 0. The Bertz CT molecular complexity index is 733. The van der Waals surface area contributed by atoms with E-state index in [1.165, 1.54) is 11.1 Å². The Labute approximate surface area is 139 Å². The summed E-state index contributed by atoms with van der Waals surface area (Å²) in [7, 11) is 0. The van der Waals surface area contributed by atoms with E-state index in [0.717, 1.165) is 34.4 Å². The zero-order valence-corrected chi connectivity index (χ0v) is 13.9. The molecule has 0 aliphatic carbocycles. The summed E-state index contributed by atoms with van der Waals surface area (Å²) >= 11 is 7.58. The van der Waals surface area contributed by atoms with Crippen LogP contribution in [-0.2, 0) is 13.1 Å². The number of halogens is 1. The van der Waals surface area contributed by atoms with Gasteiger partial charge < -0.3 is 5.32 Å². The van der Waals surface area contributed by atoms with E-state index >= 15 is 0 Å². The number of thiazole rings is 1. The third-order valence-corrected chi connectivity index (χ3v) is 4.59. The molecular weight excluding hydrogens is 312 g/mol. The van der Waals surface area contributed by atoms with Crippen LogP contribution in [-0.4, -0.2) is 4.98 Å². The maximum absolute atomic E-state index is 5.91. The van der Waals surface area contributed by atoms with Gasteiger partial charge in [0.25, 0.3) is 0 Å². The van der Waals surface area contributed by atoms with Crippen LogP contribution in [0.2, 0.25) is 5.02 Å². The average Bonchev–Trinajstić information content (AvgIpc) is 2.99. The lowest BCUT2D eigenvalue weighted by atomic mass is 10.1. The summed E-state index contributed by atoms with van der Waals surface area (Å²) in [5.74, 6) is 0. The number of nitrogens with zero attached hydrogens (tertiary/aromatic N) is 1. The van der Waals surface area contributed by atoms with Gasteiger partial charge in [-0.05, 0) is 24.6 Å². The van der Waals surface area contributed by atoms with Gasteiger partial charge in [0, 0.05) is 29.1 Å². The highest BCUT2D eigenvalue weighted by molar-refractivity contribution is 7.13. The van der Waals surface area contributed by atoms with Gasteiger partial charge in [-0.3, -0.25) is 0 Å². The van der Waals surface area contributed by atoms with Crippen LogP contribution in [0.15, 0.2) is 53.9 Å². The molecule has 0 spiro atoms. The van der Waals surface area contributed by atoms with Crippen molar-refractivity contribution in [2.24, 2.45) is 0 Å². The first-order chi connectivity index (χ1) is 10.7. The van der Waals surface area contributed by atoms with Crippen molar-refractivity contribution in [3.05, 3.63) is 75.8 Å². The summed E-state index contributed by atoms with van der Waals surface area (Å²) in [5.41, 5.74) is 4.76. The van der Waals surface area contributed by atoms with E-state index in [9.17, 15) is 0 Å². The van der Waals surface area contributed by atoms with Crippen molar-refractivity contribution in [2.45, 2.75) is 20.0 Å². The second-order valence-corrected chi connectivity index (χ2v) is 6.53. The standard InChI is InChI=1S/C18H17ClN2S/c1-13-2-4-14(5-3-13)10-20-11-17-12-22-18(21-17)15-6-8-16(19)9-7-15/h2-9,12,20H,10-11H2,1H3. The molecule has 3 aromatic rings. The Morgan fingerprint density at radius 3 is 2.45 bits per heavy atom. The van der Waals surface area contributed by atoms with Crippen LogP contribution >= 0.6 is 22.9 Å². The summed E-state index contributed by atoms with van der Waals surface area (Å²) in [6, 6.07) is 16.4. The van der Waals surface area contributed by atoms with E-state index in [2.05, 4.69) is 46.9 Å². The molecule has 0 amide bonds. The molecule has 0 atom stereocenters. The monoisotopic (exact) mass is 328 g/mol. The minimum Gasteiger partial charge on any atom is -0.307 e. The van der Waals surface area contributed by atoms with Crippen LogP contribution in [0.4, 0.5) is 0 Å². The van der Waals surface area contributed by atoms with Crippen molar-refractivity contribution < 1.29 is 0 Å². The molecule has 1 heterocycles. The normalized spacial score (nSPS) is 10.8. The number of nitrogens with one attached hydrogen (secondary N) is 1. The van der Waals surface area contributed by atoms with Crippen LogP contribution in [0.25, 0.3) is 10.6 Å². The smallest absolute Gasteiger partial charge is 0.123 e. The number of rotatable bonds is 5. The molecule has 0 saturated heterocycles. The van der Waals surface area contributed by atoms with Crippen molar-refractivity contribution in [1.82, 2.24) is 10.3 Å². The number of hydrogen-bond acceptors (Lipinski definition) is 3. The van der Waals surface area contributed by atoms with Crippen LogP contribution in [0.1, 0.15) is 16.8 Å². The molecule has 0 aliphatic heterocycles. The Morgan fingerprint density at radius 2 is 1.73 bits per heavy atom. The molecule has 2 nitrogen and oxygen atoms in total. The van der Waals surface area contributed by atoms with Gasteiger partial charge in [-0.15, -0.1) is 11.3 Å². The van der Waals surface area contributed by atoms with E-state index in [0.29, 0.717) is 0 Å². The Balaban J connectivity index is 1.57. The van der Waals surface area contributed by atoms with E-state index in [-0.39, 0.29) is 0 Å². The number of aromatic nitrogens is 1. The lowest BCUT2D eigenvalue weighted by molar-refractivity contribution is 0.683. The average molecular weight is 329 g/mol. The molecule has 0 aliphatic rings. The number of aryl methyl sites for hydroxylation is 1. The SMILES string of the molecule is Cc1ccc(CNCc2csc(-c3ccc(Cl)cc3)n2)cc1. The van der Waals surface area contributed by atoms with Crippen LogP contribution in [0.3, 0.4) is 0 Å². The molecule has 0 saturated carbocycles. The lowest BCUT2D eigenvalue weighted by Gasteiger charge is -2.03. The fraction of sp³-hybridized carbons (Fsp3) is 0.167. The molecule has 0 radical (unpaired) electrons. The number of benzene rings is 2. The van der Waals surface area contributed by atoms with Crippen molar-refractivity contribution in [3.8, 4) is 10.6 Å². The molecule has 0 bridgehead atoms. The third kappa shape index (κ3) is 3.95. The zero-order chi connectivity index (χ0) is 15.4. The van der Waals surface area contributed by atoms with Gasteiger partial charge in [0.05, 0.1) is 5.69 Å². The minimum absolute atomic E-state index is 0.750. The van der Waals surface area contributed by atoms with Gasteiger partial charge in [-0.2, -0.15) is 0 Å². The van der Waals surface area contributed by atoms with Crippen LogP contribution in [0.5, 0.6) is 0 Å². The van der Waals surface area contributed by atoms with Crippen molar-refractivity contribution in [3.63, 3.8) is 0 Å². The second kappa shape index (κ2) is 7.05. The van der Waals surface area contributed by atoms with E-state index < -0.39 is 0 Å². The molecule has 4 heteroatoms. The maximum Gasteiger partial charge on any atom is 0.123 e. The first kappa shape index (κ1) is 15.2. The zero-order valence-electron chi connectivity index (χ0n) is 12.3. The minimum atomic E-state index is 0.750. The van der Waals surface area contributed by atoms with Crippen molar-refractivity contribution in [1.29, 1.82) is 0 Å². The van der Waals surface area contributed by atoms with Crippen molar-refractivity contribution >= 4 is 22.9 Å². The fourth-order valence-electron chi connectivity index (χ4n) is 2.15. The third-order valence-electron chi connectivity index (χ3n) is 3.40. The number of hydrogen-bond donors (Lipinski definition) is 1. The molecule has 3 rings (SSSR count). The fourth-order valence-corrected chi connectivity index (χ4v) is 3.11. The molecule has 0 fully saturated rings. The predicted molar refractivity (Wildman–Crippen MR) is 94.3 cm³/mol. The molecule has 1 N–H and O–H groups in total. The van der Waals surface area contributed by atoms with E-state index in [1.807, 2.05) is 24.3 Å². The van der Waals surface area contributed by atoms with Gasteiger partial charge in [-0.25, -0.2) is 4.98 Å². The topological polar surface area (TPSA) is 24.9 Å². The summed E-state index contributed by atoms with van der Waals surface area (Å²) in [5, 5.41) is 7.32. The van der Waals surface area contributed by atoms with Crippen LogP contribution < -0.4 is 5.32 Å². The summed E-state index contributed by atoms with van der Waals surface area (Å²) in [4.78, 5) is 4.67. The van der Waals surface area contributed by atoms with Gasteiger partial charge in [0.2, 0.25) is 0 Å². The highest BCUT2D eigenvalue weighted by Gasteiger charge is 2.04. The van der Waals surface area contributed by atoms with Crippen molar-refractivity contribution in [2.75, 3.05) is 0 Å². The molecule has 1 aromatic heterocycles. The van der Waals surface area contributed by atoms with Gasteiger partial charge in [0.15, 0.2) is 0 Å². The maximum atomic E-state index is 5.91. The predicted octanol–water partition coefficient (Wildman–Crippen LogP) is 5.06. The first-order valence-electron chi connectivity index (χ1n) is 7.17. The summed E-state index contributed by atoms with van der Waals surface area (Å²) in [6.45, 7) is 3.73. The Hall–Kier alpha value is -1.68. The lowest BCUT2D eigenvalue weighted by Crippen LogP contribution is -2.12. The Morgan fingerprint density at radius 1 is 1.00 bits per heavy atom. The molecular formula is C18H17ClN2S. The highest BCUT2D eigenvalue weighted by Crippen LogP contribution is 2.25. The molecule has 112 valence electrons. The highest BCUT2D eigenvalue weighted by atomic mass is 35.5. The Kier molecular flexibility index (Phi) is 4.88. The van der Waals surface area contributed by atoms with Gasteiger partial charge in [0.1, 0.15) is 5.01 Å². The van der Waals surface area contributed by atoms with Crippen LogP contribution in [0, 0.1) is 6.92 Å². The summed E-state index contributed by atoms with van der Waals surface area (Å²) < 4.78 is 0.